The number of aromatic nitrogens is 3. The number of hydrogen-bond donors (Lipinski definition) is 1. The van der Waals surface area contributed by atoms with Gasteiger partial charge in [0.15, 0.2) is 0 Å². The Morgan fingerprint density at radius 2 is 2.08 bits per heavy atom. The van der Waals surface area contributed by atoms with Crippen LogP contribution in [0.2, 0.25) is 0 Å². The Labute approximate surface area is 142 Å². The van der Waals surface area contributed by atoms with Crippen molar-refractivity contribution in [3.05, 3.63) is 39.8 Å². The molecule has 0 atom stereocenters. The van der Waals surface area contributed by atoms with Crippen LogP contribution in [0.15, 0.2) is 18.2 Å². The number of hydrogen-bond acceptors (Lipinski definition) is 6. The van der Waals surface area contributed by atoms with Crippen molar-refractivity contribution >= 4 is 11.8 Å². The Morgan fingerprint density at radius 3 is 2.68 bits per heavy atom. The molecule has 0 saturated carbocycles. The number of carbonyl (C=O) groups is 1. The highest BCUT2D eigenvalue weighted by Gasteiger charge is 2.23. The lowest BCUT2D eigenvalue weighted by molar-refractivity contribution is -0.387. The van der Waals surface area contributed by atoms with Crippen molar-refractivity contribution in [3.63, 3.8) is 0 Å². The number of alkyl carbamates (subject to hydrolysis) is 1. The molecule has 0 aliphatic heterocycles. The number of ether oxygens (including phenoxy) is 1. The average Bonchev–Trinajstić information content (AvgIpc) is 2.84. The predicted octanol–water partition coefficient (Wildman–Crippen LogP) is 2.55. The molecule has 1 heterocycles. The fourth-order valence-corrected chi connectivity index (χ4v) is 2.09. The molecule has 2 rings (SSSR count). The van der Waals surface area contributed by atoms with Gasteiger partial charge >= 0.3 is 11.8 Å². The van der Waals surface area contributed by atoms with Crippen molar-refractivity contribution in [2.45, 2.75) is 32.9 Å². The molecule has 0 aliphatic carbocycles. The van der Waals surface area contributed by atoms with E-state index in [2.05, 4.69) is 15.5 Å². The minimum absolute atomic E-state index is 0.0664. The van der Waals surface area contributed by atoms with E-state index in [0.717, 1.165) is 6.07 Å². The second kappa shape index (κ2) is 6.83. The second-order valence-electron chi connectivity index (χ2n) is 6.24. The fourth-order valence-electron chi connectivity index (χ4n) is 2.09. The third-order valence-corrected chi connectivity index (χ3v) is 3.01. The topological polar surface area (TPSA) is 112 Å². The van der Waals surface area contributed by atoms with Gasteiger partial charge in [-0.2, -0.15) is 19.4 Å². The van der Waals surface area contributed by atoms with E-state index in [-0.39, 0.29) is 23.5 Å². The van der Waals surface area contributed by atoms with Gasteiger partial charge in [0.2, 0.25) is 5.82 Å². The summed E-state index contributed by atoms with van der Waals surface area (Å²) in [5.41, 5.74) is -1.02. The van der Waals surface area contributed by atoms with Crippen molar-refractivity contribution in [1.29, 1.82) is 0 Å². The molecule has 134 valence electrons. The van der Waals surface area contributed by atoms with Crippen molar-refractivity contribution in [2.75, 3.05) is 0 Å². The van der Waals surface area contributed by atoms with Crippen LogP contribution >= 0.6 is 0 Å². The van der Waals surface area contributed by atoms with Crippen LogP contribution in [0.25, 0.3) is 11.3 Å². The van der Waals surface area contributed by atoms with Gasteiger partial charge in [-0.15, -0.1) is 0 Å². The number of nitro benzene ring substituents is 1. The molecule has 0 radical (unpaired) electrons. The lowest BCUT2D eigenvalue weighted by Crippen LogP contribution is -2.32. The van der Waals surface area contributed by atoms with Gasteiger partial charge in [-0.3, -0.25) is 10.1 Å². The zero-order chi connectivity index (χ0) is 18.8. The number of nitrogens with zero attached hydrogens (tertiary/aromatic N) is 4. The van der Waals surface area contributed by atoms with Gasteiger partial charge < -0.3 is 10.1 Å². The van der Waals surface area contributed by atoms with Crippen LogP contribution in [0.3, 0.4) is 0 Å². The van der Waals surface area contributed by atoms with Gasteiger partial charge in [-0.1, -0.05) is 6.07 Å². The monoisotopic (exact) mass is 351 g/mol. The van der Waals surface area contributed by atoms with E-state index in [4.69, 9.17) is 4.74 Å². The Morgan fingerprint density at radius 1 is 1.40 bits per heavy atom. The number of nitro groups is 1. The lowest BCUT2D eigenvalue weighted by Gasteiger charge is -2.19. The van der Waals surface area contributed by atoms with Crippen molar-refractivity contribution < 1.29 is 18.8 Å². The molecule has 10 heteroatoms. The average molecular weight is 351 g/mol. The van der Waals surface area contributed by atoms with Crippen LogP contribution in [0.5, 0.6) is 0 Å². The quantitative estimate of drug-likeness (QED) is 0.669. The van der Waals surface area contributed by atoms with Gasteiger partial charge in [0.25, 0.3) is 0 Å². The normalized spacial score (nSPS) is 11.2. The van der Waals surface area contributed by atoms with E-state index < -0.39 is 28.1 Å². The van der Waals surface area contributed by atoms with Crippen LogP contribution in [0.4, 0.5) is 14.9 Å². The van der Waals surface area contributed by atoms with Gasteiger partial charge in [0.05, 0.1) is 11.5 Å². The number of benzene rings is 1. The van der Waals surface area contributed by atoms with Gasteiger partial charge in [-0.25, -0.2) is 4.79 Å². The van der Waals surface area contributed by atoms with E-state index in [1.807, 2.05) is 0 Å². The SMILES string of the molecule is Cn1nc(CNC(=O)OC(C)(C)C)c(-c2cccc([N+](=O)[O-])c2F)n1. The van der Waals surface area contributed by atoms with E-state index in [1.54, 1.807) is 20.8 Å². The third-order valence-electron chi connectivity index (χ3n) is 3.01. The van der Waals surface area contributed by atoms with Crippen LogP contribution in [0.1, 0.15) is 26.5 Å². The Bertz CT molecular complexity index is 813. The molecular formula is C15H18FN5O4. The van der Waals surface area contributed by atoms with Crippen LogP contribution in [-0.4, -0.2) is 31.6 Å². The summed E-state index contributed by atoms with van der Waals surface area (Å²) in [6.45, 7) is 5.09. The summed E-state index contributed by atoms with van der Waals surface area (Å²) in [4.78, 5) is 23.0. The molecule has 1 aromatic heterocycles. The number of nitrogens with one attached hydrogen (secondary N) is 1. The van der Waals surface area contributed by atoms with Crippen LogP contribution < -0.4 is 5.32 Å². The minimum Gasteiger partial charge on any atom is -0.444 e. The highest BCUT2D eigenvalue weighted by atomic mass is 19.1. The summed E-state index contributed by atoms with van der Waals surface area (Å²) >= 11 is 0. The molecule has 1 aromatic carbocycles. The minimum atomic E-state index is -1.01. The van der Waals surface area contributed by atoms with E-state index in [0.29, 0.717) is 0 Å². The standard InChI is InChI=1S/C15H18FN5O4/c1-15(2,3)25-14(22)17-8-10-13(19-20(4)18-10)9-6-5-7-11(12(9)16)21(23)24/h5-7H,8H2,1-4H3,(H,17,22). The molecule has 1 amide bonds. The molecule has 9 nitrogen and oxygen atoms in total. The summed E-state index contributed by atoms with van der Waals surface area (Å²) in [5.74, 6) is -1.01. The molecule has 0 fully saturated rings. The van der Waals surface area contributed by atoms with E-state index >= 15 is 0 Å². The van der Waals surface area contributed by atoms with E-state index in [1.165, 1.54) is 24.0 Å². The predicted molar refractivity (Wildman–Crippen MR) is 86.1 cm³/mol. The summed E-state index contributed by atoms with van der Waals surface area (Å²) in [5, 5.41) is 21.5. The zero-order valence-corrected chi connectivity index (χ0v) is 14.2. The summed E-state index contributed by atoms with van der Waals surface area (Å²) in [7, 11) is 1.52. The molecule has 0 spiro atoms. The number of aryl methyl sites for hydroxylation is 1. The maximum atomic E-state index is 14.4. The molecule has 1 N–H and O–H groups in total. The first-order valence-electron chi connectivity index (χ1n) is 7.39. The van der Waals surface area contributed by atoms with Crippen molar-refractivity contribution in [1.82, 2.24) is 20.3 Å². The molecular weight excluding hydrogens is 333 g/mol. The van der Waals surface area contributed by atoms with Gasteiger partial charge in [0, 0.05) is 18.7 Å². The molecule has 0 bridgehead atoms. The number of rotatable bonds is 4. The summed E-state index contributed by atoms with van der Waals surface area (Å²) in [6, 6.07) is 3.79. The Hall–Kier alpha value is -3.04. The second-order valence-corrected chi connectivity index (χ2v) is 6.24. The molecule has 0 saturated heterocycles. The number of amides is 1. The lowest BCUT2D eigenvalue weighted by atomic mass is 10.1. The van der Waals surface area contributed by atoms with Crippen LogP contribution in [-0.2, 0) is 18.3 Å². The summed E-state index contributed by atoms with van der Waals surface area (Å²) in [6.07, 6.45) is -0.663. The fraction of sp³-hybridized carbons (Fsp3) is 0.400. The van der Waals surface area contributed by atoms with Crippen molar-refractivity contribution in [3.8, 4) is 11.3 Å². The van der Waals surface area contributed by atoms with Crippen LogP contribution in [0, 0.1) is 15.9 Å². The highest BCUT2D eigenvalue weighted by molar-refractivity contribution is 5.69. The maximum absolute atomic E-state index is 14.4. The molecule has 0 aliphatic rings. The number of halogens is 1. The maximum Gasteiger partial charge on any atom is 0.407 e. The molecule has 0 unspecified atom stereocenters. The third kappa shape index (κ3) is 4.49. The molecule has 25 heavy (non-hydrogen) atoms. The van der Waals surface area contributed by atoms with Gasteiger partial charge in [-0.05, 0) is 26.8 Å². The molecule has 2 aromatic rings. The first-order valence-corrected chi connectivity index (χ1v) is 7.39. The smallest absolute Gasteiger partial charge is 0.407 e. The number of carbonyl (C=O) groups excluding carboxylic acids is 1. The van der Waals surface area contributed by atoms with Crippen molar-refractivity contribution in [2.24, 2.45) is 7.05 Å². The summed E-state index contributed by atoms with van der Waals surface area (Å²) < 4.78 is 19.5. The highest BCUT2D eigenvalue weighted by Crippen LogP contribution is 2.29. The first kappa shape index (κ1) is 18.3. The Balaban J connectivity index is 2.29. The zero-order valence-electron chi connectivity index (χ0n) is 14.2. The van der Waals surface area contributed by atoms with Gasteiger partial charge in [0.1, 0.15) is 17.0 Å². The first-order chi connectivity index (χ1) is 11.6. The Kier molecular flexibility index (Phi) is 5.00. The van der Waals surface area contributed by atoms with E-state index in [9.17, 15) is 19.3 Å². The largest absolute Gasteiger partial charge is 0.444 e.